The second kappa shape index (κ2) is 5.61. The van der Waals surface area contributed by atoms with E-state index in [1.54, 1.807) is 13.1 Å². The highest BCUT2D eigenvalue weighted by Crippen LogP contribution is 2.16. The van der Waals surface area contributed by atoms with E-state index in [1.165, 1.54) is 0 Å². The molecule has 2 unspecified atom stereocenters. The molecule has 0 bridgehead atoms. The van der Waals surface area contributed by atoms with Gasteiger partial charge in [-0.15, -0.1) is 0 Å². The van der Waals surface area contributed by atoms with Gasteiger partial charge in [0.25, 0.3) is 0 Å². The van der Waals surface area contributed by atoms with Gasteiger partial charge in [-0.2, -0.15) is 0 Å². The highest BCUT2D eigenvalue weighted by atomic mass is 16.4. The van der Waals surface area contributed by atoms with Gasteiger partial charge in [0.1, 0.15) is 0 Å². The minimum atomic E-state index is -0.764. The second-order valence-corrected chi connectivity index (χ2v) is 4.11. The van der Waals surface area contributed by atoms with Crippen molar-refractivity contribution >= 4 is 5.97 Å². The van der Waals surface area contributed by atoms with E-state index < -0.39 is 5.97 Å². The van der Waals surface area contributed by atoms with Gasteiger partial charge in [-0.3, -0.25) is 14.7 Å². The number of nitrogens with zero attached hydrogens (tertiary/aromatic N) is 2. The summed E-state index contributed by atoms with van der Waals surface area (Å²) in [5, 5.41) is 8.84. The van der Waals surface area contributed by atoms with E-state index in [0.717, 1.165) is 5.69 Å². The third kappa shape index (κ3) is 3.31. The summed E-state index contributed by atoms with van der Waals surface area (Å²) in [6.07, 6.45) is 1.75. The molecule has 0 aliphatic rings. The standard InChI is InChI=1S/C12H18N2O2/c1-9(12(15)16)8-14(3)10(2)11-6-4-5-7-13-11/h4-7,9-10H,8H2,1-3H3,(H,15,16). The average Bonchev–Trinajstić information content (AvgIpc) is 2.28. The molecule has 0 aliphatic carbocycles. The molecule has 0 fully saturated rings. The molecule has 0 spiro atoms. The van der Waals surface area contributed by atoms with E-state index in [2.05, 4.69) is 4.98 Å². The normalized spacial score (nSPS) is 14.8. The molecule has 1 N–H and O–H groups in total. The van der Waals surface area contributed by atoms with Gasteiger partial charge in [0, 0.05) is 18.8 Å². The lowest BCUT2D eigenvalue weighted by molar-refractivity contribution is -0.141. The lowest BCUT2D eigenvalue weighted by atomic mass is 10.1. The molecule has 0 saturated carbocycles. The number of aromatic nitrogens is 1. The topological polar surface area (TPSA) is 53.4 Å². The molecular formula is C12H18N2O2. The summed E-state index contributed by atoms with van der Waals surface area (Å²) in [5.41, 5.74) is 0.961. The van der Waals surface area contributed by atoms with Gasteiger partial charge >= 0.3 is 5.97 Å². The summed E-state index contributed by atoms with van der Waals surface area (Å²) in [6, 6.07) is 5.89. The summed E-state index contributed by atoms with van der Waals surface area (Å²) >= 11 is 0. The quantitative estimate of drug-likeness (QED) is 0.825. The first kappa shape index (κ1) is 12.6. The Balaban J connectivity index is 2.61. The van der Waals surface area contributed by atoms with Crippen LogP contribution in [0.4, 0.5) is 0 Å². The van der Waals surface area contributed by atoms with Crippen molar-refractivity contribution in [2.75, 3.05) is 13.6 Å². The monoisotopic (exact) mass is 222 g/mol. The summed E-state index contributed by atoms with van der Waals surface area (Å²) in [6.45, 7) is 4.26. The number of carbonyl (C=O) groups is 1. The van der Waals surface area contributed by atoms with E-state index in [1.807, 2.05) is 37.1 Å². The predicted octanol–water partition coefficient (Wildman–Crippen LogP) is 1.80. The van der Waals surface area contributed by atoms with Crippen LogP contribution in [0.15, 0.2) is 24.4 Å². The van der Waals surface area contributed by atoms with Crippen molar-refractivity contribution in [2.24, 2.45) is 5.92 Å². The Morgan fingerprint density at radius 3 is 2.69 bits per heavy atom. The van der Waals surface area contributed by atoms with Crippen LogP contribution < -0.4 is 0 Å². The lowest BCUT2D eigenvalue weighted by Gasteiger charge is -2.25. The Bertz CT molecular complexity index is 340. The molecule has 16 heavy (non-hydrogen) atoms. The molecule has 0 radical (unpaired) electrons. The molecule has 0 saturated heterocycles. The first-order valence-electron chi connectivity index (χ1n) is 5.36. The van der Waals surface area contributed by atoms with Crippen LogP contribution >= 0.6 is 0 Å². The van der Waals surface area contributed by atoms with E-state index in [4.69, 9.17) is 5.11 Å². The van der Waals surface area contributed by atoms with Gasteiger partial charge in [-0.05, 0) is 26.1 Å². The van der Waals surface area contributed by atoms with Gasteiger partial charge in [-0.25, -0.2) is 0 Å². The molecule has 1 heterocycles. The van der Waals surface area contributed by atoms with Crippen molar-refractivity contribution in [1.29, 1.82) is 0 Å². The van der Waals surface area contributed by atoms with Crippen molar-refractivity contribution < 1.29 is 9.90 Å². The third-order valence-electron chi connectivity index (χ3n) is 2.76. The molecule has 0 aromatic carbocycles. The Kier molecular flexibility index (Phi) is 4.43. The molecule has 0 aliphatic heterocycles. The van der Waals surface area contributed by atoms with E-state index in [0.29, 0.717) is 6.54 Å². The average molecular weight is 222 g/mol. The molecule has 0 amide bonds. The van der Waals surface area contributed by atoms with E-state index >= 15 is 0 Å². The number of pyridine rings is 1. The Morgan fingerprint density at radius 1 is 1.50 bits per heavy atom. The molecule has 4 nitrogen and oxygen atoms in total. The minimum Gasteiger partial charge on any atom is -0.481 e. The van der Waals surface area contributed by atoms with Crippen molar-refractivity contribution in [1.82, 2.24) is 9.88 Å². The maximum Gasteiger partial charge on any atom is 0.307 e. The highest BCUT2D eigenvalue weighted by Gasteiger charge is 2.18. The van der Waals surface area contributed by atoms with Crippen LogP contribution in [0.3, 0.4) is 0 Å². The molecule has 4 heteroatoms. The first-order valence-corrected chi connectivity index (χ1v) is 5.36. The Morgan fingerprint density at radius 2 is 2.19 bits per heavy atom. The fraction of sp³-hybridized carbons (Fsp3) is 0.500. The molecular weight excluding hydrogens is 204 g/mol. The van der Waals surface area contributed by atoms with Crippen LogP contribution in [-0.4, -0.2) is 34.6 Å². The number of carboxylic acids is 1. The van der Waals surface area contributed by atoms with Gasteiger partial charge in [0.15, 0.2) is 0 Å². The van der Waals surface area contributed by atoms with Gasteiger partial charge in [0.05, 0.1) is 11.6 Å². The van der Waals surface area contributed by atoms with E-state index in [-0.39, 0.29) is 12.0 Å². The number of hydrogen-bond donors (Lipinski definition) is 1. The zero-order chi connectivity index (χ0) is 12.1. The fourth-order valence-corrected chi connectivity index (χ4v) is 1.52. The zero-order valence-electron chi connectivity index (χ0n) is 9.92. The summed E-state index contributed by atoms with van der Waals surface area (Å²) in [4.78, 5) is 17.0. The fourth-order valence-electron chi connectivity index (χ4n) is 1.52. The van der Waals surface area contributed by atoms with Gasteiger partial charge in [-0.1, -0.05) is 13.0 Å². The number of hydrogen-bond acceptors (Lipinski definition) is 3. The number of rotatable bonds is 5. The minimum absolute atomic E-state index is 0.128. The van der Waals surface area contributed by atoms with Crippen LogP contribution in [0.1, 0.15) is 25.6 Å². The molecule has 1 aromatic heterocycles. The maximum atomic E-state index is 10.8. The molecule has 2 atom stereocenters. The number of carboxylic acid groups (broad SMARTS) is 1. The predicted molar refractivity (Wildman–Crippen MR) is 62.1 cm³/mol. The highest BCUT2D eigenvalue weighted by molar-refractivity contribution is 5.69. The zero-order valence-corrected chi connectivity index (χ0v) is 9.92. The lowest BCUT2D eigenvalue weighted by Crippen LogP contribution is -2.31. The molecule has 1 rings (SSSR count). The maximum absolute atomic E-state index is 10.8. The SMILES string of the molecule is CC(CN(C)C(C)c1ccccn1)C(=O)O. The first-order chi connectivity index (χ1) is 7.52. The Labute approximate surface area is 95.9 Å². The summed E-state index contributed by atoms with van der Waals surface area (Å²) in [5.74, 6) is -1.13. The Hall–Kier alpha value is -1.42. The number of aliphatic carboxylic acids is 1. The van der Waals surface area contributed by atoms with Crippen molar-refractivity contribution in [2.45, 2.75) is 19.9 Å². The van der Waals surface area contributed by atoms with Crippen molar-refractivity contribution in [3.05, 3.63) is 30.1 Å². The summed E-state index contributed by atoms with van der Waals surface area (Å²) in [7, 11) is 1.92. The summed E-state index contributed by atoms with van der Waals surface area (Å²) < 4.78 is 0. The van der Waals surface area contributed by atoms with Crippen molar-refractivity contribution in [3.63, 3.8) is 0 Å². The van der Waals surface area contributed by atoms with E-state index in [9.17, 15) is 4.79 Å². The van der Waals surface area contributed by atoms with Crippen molar-refractivity contribution in [3.8, 4) is 0 Å². The second-order valence-electron chi connectivity index (χ2n) is 4.11. The van der Waals surface area contributed by atoms with Crippen LogP contribution in [0.5, 0.6) is 0 Å². The van der Waals surface area contributed by atoms with Crippen LogP contribution in [0.2, 0.25) is 0 Å². The molecule has 88 valence electrons. The van der Waals surface area contributed by atoms with Gasteiger partial charge < -0.3 is 5.11 Å². The van der Waals surface area contributed by atoms with Crippen LogP contribution in [0, 0.1) is 5.92 Å². The molecule has 1 aromatic rings. The third-order valence-corrected chi connectivity index (χ3v) is 2.76. The smallest absolute Gasteiger partial charge is 0.307 e. The van der Waals surface area contributed by atoms with Crippen LogP contribution in [-0.2, 0) is 4.79 Å². The largest absolute Gasteiger partial charge is 0.481 e. The van der Waals surface area contributed by atoms with Crippen LogP contribution in [0.25, 0.3) is 0 Å². The van der Waals surface area contributed by atoms with Gasteiger partial charge in [0.2, 0.25) is 0 Å².